The molecule has 3 aromatic rings. The van der Waals surface area contributed by atoms with E-state index in [2.05, 4.69) is 4.98 Å². The number of nitrogens with one attached hydrogen (secondary N) is 1. The first-order chi connectivity index (χ1) is 9.20. The maximum absolute atomic E-state index is 11.5. The summed E-state index contributed by atoms with van der Waals surface area (Å²) < 4.78 is 6.70. The Morgan fingerprint density at radius 2 is 2.21 bits per heavy atom. The molecule has 3 rings (SSSR count). The molecule has 2 heterocycles. The monoisotopic (exact) mass is 257 g/mol. The van der Waals surface area contributed by atoms with E-state index in [9.17, 15) is 4.79 Å². The van der Waals surface area contributed by atoms with Gasteiger partial charge in [-0.2, -0.15) is 0 Å². The summed E-state index contributed by atoms with van der Waals surface area (Å²) in [6.45, 7) is 0.500. The average Bonchev–Trinajstić information content (AvgIpc) is 3.01. The second kappa shape index (κ2) is 4.44. The summed E-state index contributed by atoms with van der Waals surface area (Å²) in [5.41, 5.74) is 9.42. The molecule has 2 aromatic heterocycles. The number of nitrogens with two attached hydrogens (primary N) is 1. The van der Waals surface area contributed by atoms with Crippen LogP contribution in [0, 0.1) is 0 Å². The van der Waals surface area contributed by atoms with Gasteiger partial charge in [-0.05, 0) is 29.3 Å². The molecule has 0 saturated carbocycles. The van der Waals surface area contributed by atoms with E-state index >= 15 is 0 Å². The van der Waals surface area contributed by atoms with Gasteiger partial charge < -0.3 is 15.1 Å². The van der Waals surface area contributed by atoms with Gasteiger partial charge >= 0.3 is 5.76 Å². The van der Waals surface area contributed by atoms with Crippen molar-refractivity contribution in [2.24, 2.45) is 12.8 Å². The third-order valence-corrected chi connectivity index (χ3v) is 3.48. The summed E-state index contributed by atoms with van der Waals surface area (Å²) in [4.78, 5) is 14.5. The summed E-state index contributed by atoms with van der Waals surface area (Å²) >= 11 is 0. The molecule has 0 radical (unpaired) electrons. The molecule has 0 aliphatic rings. The number of H-pyrrole nitrogens is 1. The van der Waals surface area contributed by atoms with Crippen molar-refractivity contribution in [1.82, 2.24) is 9.55 Å². The van der Waals surface area contributed by atoms with E-state index in [1.165, 1.54) is 4.57 Å². The van der Waals surface area contributed by atoms with Crippen molar-refractivity contribution in [1.29, 1.82) is 0 Å². The molecule has 0 bridgehead atoms. The van der Waals surface area contributed by atoms with Crippen molar-refractivity contribution >= 4 is 11.1 Å². The van der Waals surface area contributed by atoms with Crippen LogP contribution in [0.15, 0.2) is 45.9 Å². The molecule has 98 valence electrons. The summed E-state index contributed by atoms with van der Waals surface area (Å²) in [7, 11) is 1.69. The van der Waals surface area contributed by atoms with Gasteiger partial charge in [0.25, 0.3) is 0 Å². The van der Waals surface area contributed by atoms with Crippen molar-refractivity contribution < 1.29 is 4.42 Å². The Bertz CT molecular complexity index is 753. The number of fused-ring (bicyclic) bond motifs is 1. The van der Waals surface area contributed by atoms with Gasteiger partial charge in [-0.1, -0.05) is 6.07 Å². The minimum atomic E-state index is -0.349. The second-order valence-electron chi connectivity index (χ2n) is 4.59. The predicted molar refractivity (Wildman–Crippen MR) is 73.1 cm³/mol. The Morgan fingerprint density at radius 1 is 1.37 bits per heavy atom. The van der Waals surface area contributed by atoms with Crippen molar-refractivity contribution in [2.45, 2.75) is 5.92 Å². The van der Waals surface area contributed by atoms with E-state index in [0.717, 1.165) is 16.6 Å². The minimum absolute atomic E-state index is 0.0983. The SMILES string of the molecule is Cn1c(=O)oc2cc(C(CN)c3cc[nH]c3)ccc21. The average molecular weight is 257 g/mol. The number of nitrogens with zero attached hydrogens (tertiary/aromatic N) is 1. The topological polar surface area (TPSA) is 76.9 Å². The number of oxazole rings is 1. The fourth-order valence-electron chi connectivity index (χ4n) is 2.39. The van der Waals surface area contributed by atoms with E-state index in [4.69, 9.17) is 10.2 Å². The van der Waals surface area contributed by atoms with Crippen molar-refractivity contribution in [3.05, 3.63) is 58.3 Å². The Kier molecular flexibility index (Phi) is 2.76. The molecular formula is C14H15N3O2. The first-order valence-electron chi connectivity index (χ1n) is 6.13. The van der Waals surface area contributed by atoms with Crippen LogP contribution in [0.2, 0.25) is 0 Å². The van der Waals surface area contributed by atoms with E-state index in [1.54, 1.807) is 7.05 Å². The van der Waals surface area contributed by atoms with Crippen LogP contribution < -0.4 is 11.5 Å². The van der Waals surface area contributed by atoms with Gasteiger partial charge in [0.2, 0.25) is 0 Å². The normalized spacial score (nSPS) is 12.9. The van der Waals surface area contributed by atoms with Crippen molar-refractivity contribution in [3.8, 4) is 0 Å². The van der Waals surface area contributed by atoms with Crippen molar-refractivity contribution in [2.75, 3.05) is 6.54 Å². The number of aryl methyl sites for hydroxylation is 1. The molecule has 1 unspecified atom stereocenters. The largest absolute Gasteiger partial charge is 0.419 e. The van der Waals surface area contributed by atoms with Crippen LogP contribution in [0.1, 0.15) is 17.0 Å². The Morgan fingerprint density at radius 3 is 2.89 bits per heavy atom. The fourth-order valence-corrected chi connectivity index (χ4v) is 2.39. The standard InChI is InChI=1S/C14H15N3O2/c1-17-12-3-2-9(6-13(12)19-14(17)18)11(7-15)10-4-5-16-8-10/h2-6,8,11,16H,7,15H2,1H3. The molecule has 0 amide bonds. The Hall–Kier alpha value is -2.27. The van der Waals surface area contributed by atoms with Gasteiger partial charge in [0.15, 0.2) is 5.58 Å². The van der Waals surface area contributed by atoms with E-state index < -0.39 is 0 Å². The number of aromatic amines is 1. The predicted octanol–water partition coefficient (Wildman–Crippen LogP) is 1.55. The van der Waals surface area contributed by atoms with Gasteiger partial charge in [-0.25, -0.2) is 4.79 Å². The lowest BCUT2D eigenvalue weighted by Crippen LogP contribution is -2.13. The lowest BCUT2D eigenvalue weighted by atomic mass is 9.93. The van der Waals surface area contributed by atoms with Crippen LogP contribution in [0.4, 0.5) is 0 Å². The molecule has 0 saturated heterocycles. The second-order valence-corrected chi connectivity index (χ2v) is 4.59. The van der Waals surface area contributed by atoms with Crippen LogP contribution in [-0.4, -0.2) is 16.1 Å². The van der Waals surface area contributed by atoms with Gasteiger partial charge in [0, 0.05) is 31.9 Å². The molecule has 3 N–H and O–H groups in total. The highest BCUT2D eigenvalue weighted by atomic mass is 16.4. The van der Waals surface area contributed by atoms with Gasteiger partial charge in [-0.3, -0.25) is 4.57 Å². The lowest BCUT2D eigenvalue weighted by Gasteiger charge is -2.13. The number of hydrogen-bond acceptors (Lipinski definition) is 3. The molecule has 1 atom stereocenters. The van der Waals surface area contributed by atoms with E-state index in [1.807, 2.05) is 36.7 Å². The van der Waals surface area contributed by atoms with Crippen molar-refractivity contribution in [3.63, 3.8) is 0 Å². The van der Waals surface area contributed by atoms with Crippen LogP contribution >= 0.6 is 0 Å². The molecule has 1 aromatic carbocycles. The van der Waals surface area contributed by atoms with E-state index in [-0.39, 0.29) is 11.7 Å². The van der Waals surface area contributed by atoms with Crippen LogP contribution in [-0.2, 0) is 7.05 Å². The quantitative estimate of drug-likeness (QED) is 0.747. The highest BCUT2D eigenvalue weighted by Crippen LogP contribution is 2.26. The molecule has 0 fully saturated rings. The number of rotatable bonds is 3. The third-order valence-electron chi connectivity index (χ3n) is 3.48. The maximum atomic E-state index is 11.5. The lowest BCUT2D eigenvalue weighted by molar-refractivity contribution is 0.527. The van der Waals surface area contributed by atoms with Gasteiger partial charge in [0.05, 0.1) is 5.52 Å². The molecule has 5 heteroatoms. The smallest absolute Gasteiger partial charge is 0.408 e. The molecular weight excluding hydrogens is 242 g/mol. The van der Waals surface area contributed by atoms with Crippen LogP contribution in [0.25, 0.3) is 11.1 Å². The van der Waals surface area contributed by atoms with Gasteiger partial charge in [0.1, 0.15) is 0 Å². The van der Waals surface area contributed by atoms with Gasteiger partial charge in [-0.15, -0.1) is 0 Å². The highest BCUT2D eigenvalue weighted by molar-refractivity contribution is 5.74. The summed E-state index contributed by atoms with van der Waals surface area (Å²) in [5, 5.41) is 0. The zero-order valence-corrected chi connectivity index (χ0v) is 10.6. The molecule has 0 spiro atoms. The summed E-state index contributed by atoms with van der Waals surface area (Å²) in [6.07, 6.45) is 3.81. The Labute approximate surface area is 109 Å². The number of benzene rings is 1. The van der Waals surface area contributed by atoms with Crippen LogP contribution in [0.5, 0.6) is 0 Å². The zero-order valence-electron chi connectivity index (χ0n) is 10.6. The Balaban J connectivity index is 2.12. The number of aromatic nitrogens is 2. The van der Waals surface area contributed by atoms with E-state index in [0.29, 0.717) is 12.1 Å². The molecule has 0 aliphatic carbocycles. The first kappa shape index (κ1) is 11.8. The summed E-state index contributed by atoms with van der Waals surface area (Å²) in [5.74, 6) is -0.251. The third kappa shape index (κ3) is 1.88. The first-order valence-corrected chi connectivity index (χ1v) is 6.13. The number of hydrogen-bond donors (Lipinski definition) is 2. The minimum Gasteiger partial charge on any atom is -0.408 e. The molecule has 0 aliphatic heterocycles. The summed E-state index contributed by atoms with van der Waals surface area (Å²) in [6, 6.07) is 7.77. The zero-order chi connectivity index (χ0) is 13.4. The van der Waals surface area contributed by atoms with Crippen LogP contribution in [0.3, 0.4) is 0 Å². The molecule has 5 nitrogen and oxygen atoms in total. The fraction of sp³-hybridized carbons (Fsp3) is 0.214. The molecule has 19 heavy (non-hydrogen) atoms. The highest BCUT2D eigenvalue weighted by Gasteiger charge is 2.15. The maximum Gasteiger partial charge on any atom is 0.419 e.